The minimum Gasteiger partial charge on any atom is -0.354 e. The molecule has 6 heteroatoms. The summed E-state index contributed by atoms with van der Waals surface area (Å²) < 4.78 is 0. The van der Waals surface area contributed by atoms with Crippen LogP contribution in [0.4, 0.5) is 34.1 Å². The van der Waals surface area contributed by atoms with Crippen LogP contribution in [-0.4, -0.2) is 0 Å². The van der Waals surface area contributed by atoms with E-state index in [0.29, 0.717) is 15.1 Å². The van der Waals surface area contributed by atoms with Gasteiger partial charge in [-0.3, -0.25) is 0 Å². The summed E-state index contributed by atoms with van der Waals surface area (Å²) in [5.74, 6) is 0. The minimum atomic E-state index is -0.677. The first-order valence-corrected chi connectivity index (χ1v) is 30.3. The highest BCUT2D eigenvalue weighted by molar-refractivity contribution is 6.34. The van der Waals surface area contributed by atoms with Crippen LogP contribution in [0.25, 0.3) is 77.9 Å². The Morgan fingerprint density at radius 1 is 0.198 bits per heavy atom. The molecule has 17 rings (SSSR count). The Morgan fingerprint density at radius 3 is 1.10 bits per heavy atom. The molecule has 0 amide bonds. The third kappa shape index (κ3) is 7.29. The van der Waals surface area contributed by atoms with Gasteiger partial charge in [0.2, 0.25) is 0 Å². The lowest BCUT2D eigenvalue weighted by Crippen LogP contribution is -2.26. The second-order valence-electron chi connectivity index (χ2n) is 22.8. The Hall–Kier alpha value is -9.87. The zero-order valence-corrected chi connectivity index (χ0v) is 48.5. The van der Waals surface area contributed by atoms with Gasteiger partial charge in [-0.1, -0.05) is 247 Å². The maximum Gasteiger partial charge on any atom is 0.0727 e. The summed E-state index contributed by atoms with van der Waals surface area (Å²) in [4.78, 5) is 0. The molecular weight excluding hydrogens is 1110 g/mol. The molecule has 0 bridgehead atoms. The standard InChI is InChI=1S/C80H50Cl3N3/c81-67-33-13-15-35-70(67)84-72-37-17-30-62-76(72)53-24-7-10-27-59(53)79(62)60-28-11-8-25-54(60)77-63(79)31-18-39-74(77)86-75-45-51(41-43-69(75)83)56-46-58-52-42-40-50(48-20-3-1-4-21-48)44-65(52)80(66(58)47-57(56)49-22-5-2-6-23-49)61-29-12-9-26-55(61)78-64(80)32-19-38-73(78)85-71-36-16-14-34-68(71)82/h1-47,84-86H. The van der Waals surface area contributed by atoms with Crippen LogP contribution in [0.2, 0.25) is 15.1 Å². The number of halogens is 3. The highest BCUT2D eigenvalue weighted by Crippen LogP contribution is 2.67. The van der Waals surface area contributed by atoms with Gasteiger partial charge in [0.05, 0.1) is 43.0 Å². The number of rotatable bonds is 9. The molecule has 406 valence electrons. The monoisotopic (exact) mass is 1160 g/mol. The second-order valence-corrected chi connectivity index (χ2v) is 24.0. The molecule has 0 heterocycles. The van der Waals surface area contributed by atoms with Crippen molar-refractivity contribution in [3.63, 3.8) is 0 Å². The predicted molar refractivity (Wildman–Crippen MR) is 360 cm³/mol. The van der Waals surface area contributed by atoms with Gasteiger partial charge < -0.3 is 16.0 Å². The molecule has 4 aliphatic rings. The molecule has 2 atom stereocenters. The maximum absolute atomic E-state index is 7.48. The summed E-state index contributed by atoms with van der Waals surface area (Å²) in [5, 5.41) is 13.5. The van der Waals surface area contributed by atoms with Crippen molar-refractivity contribution in [2.75, 3.05) is 16.0 Å². The van der Waals surface area contributed by atoms with Crippen LogP contribution in [-0.2, 0) is 10.8 Å². The Balaban J connectivity index is 0.848. The van der Waals surface area contributed by atoms with Gasteiger partial charge in [0.25, 0.3) is 0 Å². The number of benzene rings is 13. The average molecular weight is 1160 g/mol. The van der Waals surface area contributed by atoms with Crippen molar-refractivity contribution < 1.29 is 0 Å². The lowest BCUT2D eigenvalue weighted by atomic mass is 9.69. The zero-order valence-electron chi connectivity index (χ0n) is 46.3. The van der Waals surface area contributed by atoms with Crippen molar-refractivity contribution in [1.82, 2.24) is 0 Å². The molecule has 3 N–H and O–H groups in total. The molecule has 2 spiro atoms. The molecular formula is C80H50Cl3N3. The summed E-state index contributed by atoms with van der Waals surface area (Å²) in [6.45, 7) is 0. The number of fused-ring (bicyclic) bond motifs is 20. The van der Waals surface area contributed by atoms with Gasteiger partial charge in [-0.25, -0.2) is 0 Å². The van der Waals surface area contributed by atoms with Crippen molar-refractivity contribution in [1.29, 1.82) is 0 Å². The van der Waals surface area contributed by atoms with Crippen molar-refractivity contribution in [2.24, 2.45) is 0 Å². The van der Waals surface area contributed by atoms with Crippen LogP contribution < -0.4 is 16.0 Å². The number of nitrogens with one attached hydrogen (secondary N) is 3. The number of hydrogen-bond acceptors (Lipinski definition) is 3. The summed E-state index contributed by atoms with van der Waals surface area (Å²) in [6, 6.07) is 103. The summed E-state index contributed by atoms with van der Waals surface area (Å²) >= 11 is 21.2. The molecule has 0 aliphatic heterocycles. The van der Waals surface area contributed by atoms with E-state index in [-0.39, 0.29) is 0 Å². The molecule has 0 aromatic heterocycles. The van der Waals surface area contributed by atoms with E-state index in [1.807, 2.05) is 48.5 Å². The van der Waals surface area contributed by atoms with E-state index >= 15 is 0 Å². The molecule has 0 radical (unpaired) electrons. The quantitative estimate of drug-likeness (QED) is 0.135. The van der Waals surface area contributed by atoms with Crippen LogP contribution in [0.5, 0.6) is 0 Å². The lowest BCUT2D eigenvalue weighted by molar-refractivity contribution is 0.794. The topological polar surface area (TPSA) is 36.1 Å². The highest BCUT2D eigenvalue weighted by Gasteiger charge is 2.54. The van der Waals surface area contributed by atoms with Crippen molar-refractivity contribution in [3.8, 4) is 77.9 Å². The van der Waals surface area contributed by atoms with Crippen LogP contribution in [0.1, 0.15) is 44.5 Å². The molecule has 0 saturated carbocycles. The summed E-state index contributed by atoms with van der Waals surface area (Å²) in [6.07, 6.45) is 0. The smallest absolute Gasteiger partial charge is 0.0727 e. The fourth-order valence-electron chi connectivity index (χ4n) is 15.1. The maximum atomic E-state index is 7.48. The normalized spacial score (nSPS) is 15.7. The van der Waals surface area contributed by atoms with E-state index in [9.17, 15) is 0 Å². The molecule has 0 fully saturated rings. The molecule has 0 saturated heterocycles. The Morgan fingerprint density at radius 2 is 0.581 bits per heavy atom. The van der Waals surface area contributed by atoms with E-state index in [2.05, 4.69) is 253 Å². The molecule has 13 aromatic rings. The third-order valence-corrected chi connectivity index (χ3v) is 19.5. The molecule has 86 heavy (non-hydrogen) atoms. The number of anilines is 6. The minimum absolute atomic E-state index is 0.599. The second kappa shape index (κ2) is 19.6. The first kappa shape index (κ1) is 50.6. The fourth-order valence-corrected chi connectivity index (χ4v) is 15.6. The van der Waals surface area contributed by atoms with Crippen LogP contribution >= 0.6 is 34.8 Å². The van der Waals surface area contributed by atoms with Crippen LogP contribution in [0.3, 0.4) is 0 Å². The lowest BCUT2D eigenvalue weighted by Gasteiger charge is -2.31. The Kier molecular flexibility index (Phi) is 11.5. The predicted octanol–water partition coefficient (Wildman–Crippen LogP) is 22.6. The molecule has 13 aromatic carbocycles. The van der Waals surface area contributed by atoms with Crippen molar-refractivity contribution in [3.05, 3.63) is 345 Å². The summed E-state index contributed by atoms with van der Waals surface area (Å²) in [5.41, 5.74) is 30.3. The number of para-hydroxylation sites is 2. The zero-order chi connectivity index (χ0) is 57.3. The van der Waals surface area contributed by atoms with Gasteiger partial charge in [-0.15, -0.1) is 0 Å². The van der Waals surface area contributed by atoms with Gasteiger partial charge in [-0.2, -0.15) is 0 Å². The fraction of sp³-hybridized carbons (Fsp3) is 0.0250. The highest BCUT2D eigenvalue weighted by atomic mass is 35.5. The van der Waals surface area contributed by atoms with Crippen molar-refractivity contribution in [2.45, 2.75) is 10.8 Å². The Bertz CT molecular complexity index is 4980. The summed E-state index contributed by atoms with van der Waals surface area (Å²) in [7, 11) is 0. The van der Waals surface area contributed by atoms with Gasteiger partial charge in [0.15, 0.2) is 0 Å². The molecule has 3 nitrogen and oxygen atoms in total. The van der Waals surface area contributed by atoms with Gasteiger partial charge in [0.1, 0.15) is 0 Å². The SMILES string of the molecule is Clc1ccccc1Nc1cccc2c1-c1ccccc1C21c2cc(-c3ccccc3)ccc2-c2cc(-c3ccc(Cl)c(Nc4cccc5c4-c4ccccc4C54c5ccccc5-c5c(Nc6ccccc6Cl)cccc54)c3)c(-c3ccccc3)cc21. The van der Waals surface area contributed by atoms with Crippen molar-refractivity contribution >= 4 is 68.9 Å². The first-order valence-electron chi connectivity index (χ1n) is 29.1. The van der Waals surface area contributed by atoms with Gasteiger partial charge >= 0.3 is 0 Å². The number of hydrogen-bond donors (Lipinski definition) is 3. The van der Waals surface area contributed by atoms with Crippen LogP contribution in [0.15, 0.2) is 285 Å². The van der Waals surface area contributed by atoms with E-state index in [4.69, 9.17) is 34.8 Å². The first-order chi connectivity index (χ1) is 42.4. The largest absolute Gasteiger partial charge is 0.354 e. The average Bonchev–Trinajstić information content (AvgIpc) is 1.61. The Labute approximate surface area is 514 Å². The van der Waals surface area contributed by atoms with E-state index in [1.165, 1.54) is 94.6 Å². The van der Waals surface area contributed by atoms with Crippen LogP contribution in [0, 0.1) is 0 Å². The van der Waals surface area contributed by atoms with Gasteiger partial charge in [-0.05, 0) is 179 Å². The van der Waals surface area contributed by atoms with E-state index < -0.39 is 10.8 Å². The van der Waals surface area contributed by atoms with E-state index in [1.54, 1.807) is 0 Å². The van der Waals surface area contributed by atoms with E-state index in [0.717, 1.165) is 61.9 Å². The molecule has 4 aliphatic carbocycles. The third-order valence-electron chi connectivity index (χ3n) is 18.5. The molecule has 2 unspecified atom stereocenters. The van der Waals surface area contributed by atoms with Gasteiger partial charge in [0, 0.05) is 33.8 Å².